The summed E-state index contributed by atoms with van der Waals surface area (Å²) >= 11 is 0. The lowest BCUT2D eigenvalue weighted by molar-refractivity contribution is 1.46. The molecule has 0 heterocycles. The predicted octanol–water partition coefficient (Wildman–Crippen LogP) is 8.95. The van der Waals surface area contributed by atoms with Crippen LogP contribution in [-0.4, -0.2) is 0 Å². The first-order chi connectivity index (χ1) is 15.7. The predicted molar refractivity (Wildman–Crippen MR) is 142 cm³/mol. The summed E-state index contributed by atoms with van der Waals surface area (Å²) in [6.45, 7) is 4.24. The fourth-order valence-electron chi connectivity index (χ4n) is 4.27. The minimum absolute atomic E-state index is 1.21. The van der Waals surface area contributed by atoms with Crippen LogP contribution in [0.25, 0.3) is 45.8 Å². The lowest BCUT2D eigenvalue weighted by Gasteiger charge is -2.13. The van der Waals surface area contributed by atoms with Crippen LogP contribution in [-0.2, 0) is 0 Å². The molecule has 32 heavy (non-hydrogen) atoms. The Morgan fingerprint density at radius 2 is 0.688 bits per heavy atom. The molecule has 0 aliphatic carbocycles. The highest BCUT2D eigenvalue weighted by atomic mass is 14.1. The van der Waals surface area contributed by atoms with Crippen molar-refractivity contribution in [2.75, 3.05) is 0 Å². The van der Waals surface area contributed by atoms with Gasteiger partial charge in [0.25, 0.3) is 0 Å². The van der Waals surface area contributed by atoms with E-state index in [0.29, 0.717) is 0 Å². The molecule has 5 aromatic rings. The maximum Gasteiger partial charge on any atom is -0.00987 e. The Bertz CT molecular complexity index is 1280. The van der Waals surface area contributed by atoms with Gasteiger partial charge in [0.15, 0.2) is 0 Å². The summed E-state index contributed by atoms with van der Waals surface area (Å²) < 4.78 is 0. The van der Waals surface area contributed by atoms with Gasteiger partial charge in [-0.25, -0.2) is 0 Å². The molecule has 154 valence electrons. The first kappa shape index (κ1) is 20.0. The summed E-state index contributed by atoms with van der Waals surface area (Å²) in [6, 6.07) is 34.8. The van der Waals surface area contributed by atoms with E-state index < -0.39 is 0 Å². The minimum atomic E-state index is 1.21. The Hall–Kier alpha value is -3.90. The summed E-state index contributed by atoms with van der Waals surface area (Å²) in [4.78, 5) is 0. The fourth-order valence-corrected chi connectivity index (χ4v) is 4.27. The van der Waals surface area contributed by atoms with Gasteiger partial charge in [-0.05, 0) is 57.6 Å². The van der Waals surface area contributed by atoms with Gasteiger partial charge in [0.05, 0.1) is 0 Å². The second-order valence-electron chi connectivity index (χ2n) is 8.41. The van der Waals surface area contributed by atoms with Gasteiger partial charge < -0.3 is 0 Å². The largest absolute Gasteiger partial charge is 0.0616 e. The zero-order valence-corrected chi connectivity index (χ0v) is 18.5. The van der Waals surface area contributed by atoms with Crippen LogP contribution in [0.5, 0.6) is 0 Å². The SMILES string of the molecule is Cc1ccc(/C=C/c2c3ccccc3c(/C=C/c3ccc(C)cc3)c3ccccc23)cc1. The van der Waals surface area contributed by atoms with E-state index in [1.807, 2.05) is 0 Å². The van der Waals surface area contributed by atoms with Crippen LogP contribution in [0, 0.1) is 13.8 Å². The van der Waals surface area contributed by atoms with Crippen molar-refractivity contribution in [3.05, 3.63) is 130 Å². The topological polar surface area (TPSA) is 0 Å². The van der Waals surface area contributed by atoms with Crippen LogP contribution in [0.2, 0.25) is 0 Å². The van der Waals surface area contributed by atoms with Crippen molar-refractivity contribution in [3.8, 4) is 0 Å². The van der Waals surface area contributed by atoms with Gasteiger partial charge in [-0.3, -0.25) is 0 Å². The second-order valence-corrected chi connectivity index (χ2v) is 8.41. The van der Waals surface area contributed by atoms with Crippen molar-refractivity contribution < 1.29 is 0 Å². The van der Waals surface area contributed by atoms with Crippen LogP contribution in [0.4, 0.5) is 0 Å². The molecule has 0 fully saturated rings. The van der Waals surface area contributed by atoms with Crippen molar-refractivity contribution in [2.24, 2.45) is 0 Å². The minimum Gasteiger partial charge on any atom is -0.0616 e. The number of aryl methyl sites for hydroxylation is 2. The third-order valence-corrected chi connectivity index (χ3v) is 6.05. The Kier molecular flexibility index (Phi) is 5.44. The maximum absolute atomic E-state index is 2.27. The van der Waals surface area contributed by atoms with Crippen LogP contribution in [0.1, 0.15) is 33.4 Å². The van der Waals surface area contributed by atoms with Gasteiger partial charge in [-0.2, -0.15) is 0 Å². The van der Waals surface area contributed by atoms with Crippen molar-refractivity contribution in [3.63, 3.8) is 0 Å². The van der Waals surface area contributed by atoms with Gasteiger partial charge >= 0.3 is 0 Å². The van der Waals surface area contributed by atoms with E-state index >= 15 is 0 Å². The molecule has 0 saturated heterocycles. The lowest BCUT2D eigenvalue weighted by atomic mass is 9.91. The van der Waals surface area contributed by atoms with E-state index in [9.17, 15) is 0 Å². The number of hydrogen-bond acceptors (Lipinski definition) is 0. The van der Waals surface area contributed by atoms with Gasteiger partial charge in [0.1, 0.15) is 0 Å². The highest BCUT2D eigenvalue weighted by molar-refractivity contribution is 6.14. The Labute approximate surface area is 190 Å². The molecule has 0 aliphatic rings. The quantitative estimate of drug-likeness (QED) is 0.205. The summed E-state index contributed by atoms with van der Waals surface area (Å²) in [5.41, 5.74) is 7.53. The zero-order chi connectivity index (χ0) is 21.9. The summed E-state index contributed by atoms with van der Waals surface area (Å²) in [6.07, 6.45) is 8.97. The first-order valence-corrected chi connectivity index (χ1v) is 11.1. The highest BCUT2D eigenvalue weighted by Gasteiger charge is 2.10. The van der Waals surface area contributed by atoms with E-state index in [1.165, 1.54) is 54.9 Å². The van der Waals surface area contributed by atoms with Crippen molar-refractivity contribution >= 4 is 45.8 Å². The van der Waals surface area contributed by atoms with Crippen molar-refractivity contribution in [1.29, 1.82) is 0 Å². The number of benzene rings is 5. The van der Waals surface area contributed by atoms with Crippen LogP contribution in [0.15, 0.2) is 97.1 Å². The molecule has 0 bridgehead atoms. The molecule has 0 unspecified atom stereocenters. The third kappa shape index (κ3) is 4.00. The smallest absolute Gasteiger partial charge is 0.00987 e. The van der Waals surface area contributed by atoms with Crippen LogP contribution < -0.4 is 0 Å². The molecule has 0 aliphatic heterocycles. The van der Waals surface area contributed by atoms with E-state index in [0.717, 1.165) is 0 Å². The molecule has 0 nitrogen and oxygen atoms in total. The number of fused-ring (bicyclic) bond motifs is 2. The number of hydrogen-bond donors (Lipinski definition) is 0. The molecular formula is C32H26. The molecule has 0 N–H and O–H groups in total. The van der Waals surface area contributed by atoms with Crippen LogP contribution in [0.3, 0.4) is 0 Å². The molecule has 0 aromatic heterocycles. The van der Waals surface area contributed by atoms with Gasteiger partial charge in [-0.15, -0.1) is 0 Å². The zero-order valence-electron chi connectivity index (χ0n) is 18.5. The average Bonchev–Trinajstić information content (AvgIpc) is 2.83. The fraction of sp³-hybridized carbons (Fsp3) is 0.0625. The van der Waals surface area contributed by atoms with Crippen molar-refractivity contribution in [1.82, 2.24) is 0 Å². The molecule has 0 radical (unpaired) electrons. The van der Waals surface area contributed by atoms with E-state index in [-0.39, 0.29) is 0 Å². The Morgan fingerprint density at radius 3 is 1.00 bits per heavy atom. The van der Waals surface area contributed by atoms with Gasteiger partial charge in [0, 0.05) is 0 Å². The molecule has 5 rings (SSSR count). The molecule has 0 heteroatoms. The molecule has 0 saturated carbocycles. The molecule has 0 atom stereocenters. The summed E-state index contributed by atoms with van der Waals surface area (Å²) in [5, 5.41) is 5.10. The molecule has 0 amide bonds. The Balaban J connectivity index is 1.70. The second kappa shape index (κ2) is 8.69. The Morgan fingerprint density at radius 1 is 0.375 bits per heavy atom. The normalized spacial score (nSPS) is 11.8. The molecular weight excluding hydrogens is 384 g/mol. The average molecular weight is 411 g/mol. The maximum atomic E-state index is 2.27. The highest BCUT2D eigenvalue weighted by Crippen LogP contribution is 2.35. The molecule has 0 spiro atoms. The summed E-state index contributed by atoms with van der Waals surface area (Å²) in [7, 11) is 0. The monoisotopic (exact) mass is 410 g/mol. The van der Waals surface area contributed by atoms with E-state index in [4.69, 9.17) is 0 Å². The molecule has 5 aromatic carbocycles. The van der Waals surface area contributed by atoms with E-state index in [1.54, 1.807) is 0 Å². The third-order valence-electron chi connectivity index (χ3n) is 6.05. The van der Waals surface area contributed by atoms with Gasteiger partial charge in [-0.1, -0.05) is 132 Å². The number of rotatable bonds is 4. The summed E-state index contributed by atoms with van der Waals surface area (Å²) in [5.74, 6) is 0. The van der Waals surface area contributed by atoms with E-state index in [2.05, 4.69) is 135 Å². The standard InChI is InChI=1S/C32H26/c1-23-11-15-25(16-12-23)19-21-31-27-7-3-5-9-29(27)32(30-10-6-4-8-28(30)31)22-20-26-17-13-24(2)14-18-26/h3-22H,1-2H3/b21-19+,22-20+. The first-order valence-electron chi connectivity index (χ1n) is 11.1. The lowest BCUT2D eigenvalue weighted by Crippen LogP contribution is -1.88. The van der Waals surface area contributed by atoms with Crippen molar-refractivity contribution in [2.45, 2.75) is 13.8 Å². The van der Waals surface area contributed by atoms with Crippen LogP contribution >= 0.6 is 0 Å². The van der Waals surface area contributed by atoms with Gasteiger partial charge in [0.2, 0.25) is 0 Å².